The van der Waals surface area contributed by atoms with Gasteiger partial charge in [-0.1, -0.05) is 44.2 Å². The van der Waals surface area contributed by atoms with Gasteiger partial charge in [-0.25, -0.2) is 8.42 Å². The number of hydrogen-bond acceptors (Lipinski definition) is 6. The minimum atomic E-state index is -4.81. The molecule has 5 aromatic rings. The topological polar surface area (TPSA) is 119 Å². The van der Waals surface area contributed by atoms with Crippen molar-refractivity contribution in [3.8, 4) is 17.2 Å². The SMILES string of the molecule is CCc1cccc(CC)c1C1(C(=O)NS(=O)(=O)Cc2ccc(-n3cc4c(OCC(F)(F)F)c5[nH]cccc5c(OCC(F)(F)F)c4c3=O)c(C)c2)CC1. The van der Waals surface area contributed by atoms with Crippen molar-refractivity contribution in [2.75, 3.05) is 13.2 Å². The van der Waals surface area contributed by atoms with Gasteiger partial charge in [-0.05, 0) is 78.6 Å². The maximum atomic E-state index is 13.9. The molecule has 0 spiro atoms. The van der Waals surface area contributed by atoms with Gasteiger partial charge in [0.05, 0.1) is 33.1 Å². The largest absolute Gasteiger partial charge is 0.483 e. The molecular weight excluding hydrogens is 728 g/mol. The number of aryl methyl sites for hydroxylation is 3. The second-order valence-electron chi connectivity index (χ2n) is 13.1. The summed E-state index contributed by atoms with van der Waals surface area (Å²) in [4.78, 5) is 30.2. The Labute approximate surface area is 300 Å². The lowest BCUT2D eigenvalue weighted by molar-refractivity contribution is -0.154. The van der Waals surface area contributed by atoms with Crippen LogP contribution in [-0.2, 0) is 38.8 Å². The summed E-state index contributed by atoms with van der Waals surface area (Å²) in [5.41, 5.74) is 1.62. The fourth-order valence-electron chi connectivity index (χ4n) is 6.89. The Balaban J connectivity index is 1.35. The quantitative estimate of drug-likeness (QED) is 0.127. The predicted molar refractivity (Wildman–Crippen MR) is 186 cm³/mol. The molecule has 282 valence electrons. The monoisotopic (exact) mass is 763 g/mol. The molecule has 1 fully saturated rings. The fraction of sp³-hybridized carbons (Fsp3) is 0.351. The molecule has 2 N–H and O–H groups in total. The highest BCUT2D eigenvalue weighted by atomic mass is 32.2. The van der Waals surface area contributed by atoms with Crippen molar-refractivity contribution >= 4 is 37.6 Å². The second-order valence-corrected chi connectivity index (χ2v) is 14.8. The molecule has 1 amide bonds. The first kappa shape index (κ1) is 37.8. The average molecular weight is 764 g/mol. The Kier molecular flexibility index (Phi) is 9.81. The molecule has 2 aromatic heterocycles. The highest BCUT2D eigenvalue weighted by Gasteiger charge is 2.54. The van der Waals surface area contributed by atoms with Crippen molar-refractivity contribution in [3.63, 3.8) is 0 Å². The number of alkyl halides is 6. The molecule has 1 aliphatic carbocycles. The molecule has 0 unspecified atom stereocenters. The van der Waals surface area contributed by atoms with Crippen molar-refractivity contribution in [1.82, 2.24) is 14.3 Å². The first-order chi connectivity index (χ1) is 24.9. The Morgan fingerprint density at radius 2 is 1.53 bits per heavy atom. The molecule has 0 radical (unpaired) electrons. The highest BCUT2D eigenvalue weighted by molar-refractivity contribution is 7.89. The Bertz CT molecular complexity index is 2370. The number of halogens is 6. The number of benzene rings is 3. The molecule has 2 heterocycles. The Hall–Kier alpha value is -4.99. The van der Waals surface area contributed by atoms with Gasteiger partial charge in [0.1, 0.15) is 5.75 Å². The van der Waals surface area contributed by atoms with Crippen LogP contribution < -0.4 is 19.8 Å². The Morgan fingerprint density at radius 3 is 2.09 bits per heavy atom. The lowest BCUT2D eigenvalue weighted by Gasteiger charge is -2.22. The number of sulfonamides is 1. The van der Waals surface area contributed by atoms with E-state index in [0.29, 0.717) is 31.2 Å². The number of nitrogens with one attached hydrogen (secondary N) is 2. The van der Waals surface area contributed by atoms with E-state index in [4.69, 9.17) is 9.47 Å². The van der Waals surface area contributed by atoms with Gasteiger partial charge in [0.25, 0.3) is 5.56 Å². The van der Waals surface area contributed by atoms with E-state index in [9.17, 15) is 44.3 Å². The van der Waals surface area contributed by atoms with Gasteiger partial charge in [-0.15, -0.1) is 0 Å². The number of aromatic nitrogens is 2. The summed E-state index contributed by atoms with van der Waals surface area (Å²) in [7, 11) is -4.21. The van der Waals surface area contributed by atoms with E-state index in [1.807, 2.05) is 32.0 Å². The van der Waals surface area contributed by atoms with E-state index in [-0.39, 0.29) is 27.5 Å². The number of pyridine rings is 1. The number of nitrogens with zero attached hydrogens (tertiary/aromatic N) is 1. The number of aromatic amines is 1. The van der Waals surface area contributed by atoms with Crippen molar-refractivity contribution in [2.24, 2.45) is 0 Å². The zero-order chi connectivity index (χ0) is 38.5. The molecule has 0 atom stereocenters. The third-order valence-electron chi connectivity index (χ3n) is 9.31. The minimum absolute atomic E-state index is 0.118. The number of carbonyl (C=O) groups excluding carboxylic acids is 1. The first-order valence-corrected chi connectivity index (χ1v) is 18.4. The van der Waals surface area contributed by atoms with Gasteiger partial charge >= 0.3 is 12.4 Å². The number of hydrogen-bond donors (Lipinski definition) is 2. The molecule has 0 bridgehead atoms. The maximum absolute atomic E-state index is 13.9. The summed E-state index contributed by atoms with van der Waals surface area (Å²) >= 11 is 0. The van der Waals surface area contributed by atoms with E-state index < -0.39 is 75.1 Å². The van der Waals surface area contributed by atoms with E-state index in [1.165, 1.54) is 36.5 Å². The van der Waals surface area contributed by atoms with Crippen LogP contribution in [0.1, 0.15) is 54.5 Å². The lowest BCUT2D eigenvalue weighted by atomic mass is 9.85. The first-order valence-electron chi connectivity index (χ1n) is 16.7. The van der Waals surface area contributed by atoms with E-state index in [1.54, 1.807) is 6.92 Å². The van der Waals surface area contributed by atoms with Crippen LogP contribution in [0.5, 0.6) is 11.5 Å². The van der Waals surface area contributed by atoms with Crippen molar-refractivity contribution in [2.45, 2.75) is 70.0 Å². The number of fused-ring (bicyclic) bond motifs is 2. The van der Waals surface area contributed by atoms with Crippen LogP contribution in [0, 0.1) is 6.92 Å². The van der Waals surface area contributed by atoms with Gasteiger partial charge < -0.3 is 14.5 Å². The summed E-state index contributed by atoms with van der Waals surface area (Å²) in [6, 6.07) is 12.7. The van der Waals surface area contributed by atoms with Crippen molar-refractivity contribution in [3.05, 3.63) is 99.1 Å². The third kappa shape index (κ3) is 7.59. The predicted octanol–water partition coefficient (Wildman–Crippen LogP) is 7.47. The maximum Gasteiger partial charge on any atom is 0.422 e. The number of carbonyl (C=O) groups is 1. The van der Waals surface area contributed by atoms with Crippen LogP contribution in [-0.4, -0.2) is 49.4 Å². The molecule has 16 heteroatoms. The van der Waals surface area contributed by atoms with Gasteiger partial charge in [-0.2, -0.15) is 26.3 Å². The molecule has 3 aromatic carbocycles. The number of ether oxygens (including phenoxy) is 2. The second kappa shape index (κ2) is 13.8. The van der Waals surface area contributed by atoms with Crippen LogP contribution in [0.2, 0.25) is 0 Å². The van der Waals surface area contributed by atoms with E-state index >= 15 is 0 Å². The van der Waals surface area contributed by atoms with Gasteiger partial charge in [0, 0.05) is 17.8 Å². The summed E-state index contributed by atoms with van der Waals surface area (Å²) in [6.45, 7) is 1.96. The molecule has 1 saturated carbocycles. The molecule has 9 nitrogen and oxygen atoms in total. The normalized spacial score (nSPS) is 14.4. The fourth-order valence-corrected chi connectivity index (χ4v) is 8.06. The van der Waals surface area contributed by atoms with E-state index in [2.05, 4.69) is 9.71 Å². The van der Waals surface area contributed by atoms with Crippen LogP contribution in [0.25, 0.3) is 27.4 Å². The van der Waals surface area contributed by atoms with Gasteiger partial charge in [0.15, 0.2) is 19.0 Å². The molecule has 53 heavy (non-hydrogen) atoms. The van der Waals surface area contributed by atoms with Crippen LogP contribution in [0.15, 0.2) is 65.7 Å². The summed E-state index contributed by atoms with van der Waals surface area (Å²) < 4.78 is 120. The summed E-state index contributed by atoms with van der Waals surface area (Å²) in [5.74, 6) is -2.13. The van der Waals surface area contributed by atoms with Crippen molar-refractivity contribution < 1.29 is 49.0 Å². The standard InChI is InChI=1S/C37H35F6N3O6S/c1-4-23-8-6-9-24(5-2)29(23)35(13-14-35)34(48)45-53(49,50)18-22-11-12-27(21(3)16-22)46-17-26-28(33(46)47)31(51-19-36(38,39)40)25-10-7-15-44-30(25)32(26)52-20-37(41,42)43/h6-12,15-17,44H,4-5,13-14,18-20H2,1-3H3,(H,45,48). The zero-order valence-electron chi connectivity index (χ0n) is 28.8. The highest BCUT2D eigenvalue weighted by Crippen LogP contribution is 2.51. The van der Waals surface area contributed by atoms with Crippen LogP contribution >= 0.6 is 0 Å². The number of amides is 1. The molecule has 0 aliphatic heterocycles. The summed E-state index contributed by atoms with van der Waals surface area (Å²) in [6.07, 6.45) is -4.76. The van der Waals surface area contributed by atoms with Crippen LogP contribution in [0.3, 0.4) is 0 Å². The van der Waals surface area contributed by atoms with E-state index in [0.717, 1.165) is 27.5 Å². The molecular formula is C37H35F6N3O6S. The third-order valence-corrected chi connectivity index (χ3v) is 10.5. The zero-order valence-corrected chi connectivity index (χ0v) is 29.6. The van der Waals surface area contributed by atoms with Crippen LogP contribution in [0.4, 0.5) is 26.3 Å². The Morgan fingerprint density at radius 1 is 0.906 bits per heavy atom. The van der Waals surface area contributed by atoms with Gasteiger partial charge in [-0.3, -0.25) is 18.9 Å². The molecule has 6 rings (SSSR count). The number of H-pyrrole nitrogens is 1. The minimum Gasteiger partial charge on any atom is -0.483 e. The summed E-state index contributed by atoms with van der Waals surface area (Å²) in [5, 5.41) is -0.810. The van der Waals surface area contributed by atoms with Gasteiger partial charge in [0.2, 0.25) is 15.9 Å². The smallest absolute Gasteiger partial charge is 0.422 e. The number of rotatable bonds is 12. The average Bonchev–Trinajstić information content (AvgIpc) is 3.82. The molecule has 0 saturated heterocycles. The molecule has 1 aliphatic rings. The van der Waals surface area contributed by atoms with Crippen molar-refractivity contribution in [1.29, 1.82) is 0 Å². The lowest BCUT2D eigenvalue weighted by Crippen LogP contribution is -2.40.